The number of amides is 1. The van der Waals surface area contributed by atoms with Gasteiger partial charge in [0.05, 0.1) is 35.2 Å². The number of aromatic nitrogens is 1. The Kier molecular flexibility index (Phi) is 7.31. The molecule has 5 N–H and O–H groups in total. The minimum atomic E-state index is -2.53. The van der Waals surface area contributed by atoms with Crippen LogP contribution < -0.4 is 10.6 Å². The Morgan fingerprint density at radius 3 is 2.47 bits per heavy atom. The topological polar surface area (TPSA) is 138 Å². The van der Waals surface area contributed by atoms with Crippen LogP contribution >= 0.6 is 10.6 Å². The Hall–Kier alpha value is -3.94. The lowest BCUT2D eigenvalue weighted by Gasteiger charge is -2.47. The van der Waals surface area contributed by atoms with Gasteiger partial charge in [0.2, 0.25) is 0 Å². The van der Waals surface area contributed by atoms with Crippen molar-refractivity contribution in [1.82, 2.24) is 15.6 Å². The van der Waals surface area contributed by atoms with Crippen LogP contribution in [0.2, 0.25) is 0 Å². The van der Waals surface area contributed by atoms with E-state index in [1.165, 1.54) is 0 Å². The molecular weight excluding hydrogens is 500 g/mol. The van der Waals surface area contributed by atoms with Crippen LogP contribution in [-0.2, 0) is 6.42 Å². The van der Waals surface area contributed by atoms with Crippen molar-refractivity contribution in [3.8, 4) is 6.07 Å². The van der Waals surface area contributed by atoms with Crippen LogP contribution in [0.1, 0.15) is 43.4 Å². The molecule has 0 saturated carbocycles. The van der Waals surface area contributed by atoms with Gasteiger partial charge in [0.15, 0.2) is 5.78 Å². The van der Waals surface area contributed by atoms with Crippen LogP contribution in [0.3, 0.4) is 0 Å². The van der Waals surface area contributed by atoms with E-state index in [9.17, 15) is 18.7 Å². The number of carbonyl (C=O) groups is 2. The second-order valence-electron chi connectivity index (χ2n) is 9.49. The van der Waals surface area contributed by atoms with Gasteiger partial charge in [-0.1, -0.05) is 48.5 Å². The minimum Gasteiger partial charge on any atom is -0.360 e. The summed E-state index contributed by atoms with van der Waals surface area (Å²) in [5.74, 6) is -0.0115. The summed E-state index contributed by atoms with van der Waals surface area (Å²) < 4.78 is 19.1. The Bertz CT molecular complexity index is 1500. The highest BCUT2D eigenvalue weighted by molar-refractivity contribution is 8.25. The van der Waals surface area contributed by atoms with E-state index in [2.05, 4.69) is 21.7 Å². The number of H-pyrrole nitrogens is 1. The number of carbonyl (C=O) groups excluding carboxylic acids is 2. The zero-order valence-corrected chi connectivity index (χ0v) is 21.4. The molecule has 5 rings (SSSR count). The summed E-state index contributed by atoms with van der Waals surface area (Å²) >= 11 is 0. The second-order valence-corrected chi connectivity index (χ2v) is 11.8. The highest BCUT2D eigenvalue weighted by atomic mass is 32.3. The number of nitriles is 1. The summed E-state index contributed by atoms with van der Waals surface area (Å²) in [5.41, 5.74) is 4.17. The molecule has 8 nitrogen and oxygen atoms in total. The zero-order valence-electron chi connectivity index (χ0n) is 20.6. The Labute approximate surface area is 222 Å². The Morgan fingerprint density at radius 2 is 1.79 bits per heavy atom. The second kappa shape index (κ2) is 10.8. The largest absolute Gasteiger partial charge is 0.360 e. The van der Waals surface area contributed by atoms with Gasteiger partial charge in [-0.2, -0.15) is 15.9 Å². The molecule has 194 valence electrons. The van der Waals surface area contributed by atoms with Crippen LogP contribution in [0.5, 0.6) is 0 Å². The number of nitrogens with one attached hydrogen (secondary N) is 3. The third-order valence-electron chi connectivity index (χ3n) is 6.72. The van der Waals surface area contributed by atoms with Gasteiger partial charge in [-0.05, 0) is 41.8 Å². The van der Waals surface area contributed by atoms with E-state index in [0.717, 1.165) is 16.5 Å². The predicted molar refractivity (Wildman–Crippen MR) is 149 cm³/mol. The first kappa shape index (κ1) is 25.7. The molecule has 1 aliphatic rings. The minimum absolute atomic E-state index is 0.0841. The van der Waals surface area contributed by atoms with Crippen molar-refractivity contribution < 1.29 is 18.7 Å². The highest BCUT2D eigenvalue weighted by Crippen LogP contribution is 2.48. The quantitative estimate of drug-likeness (QED) is 0.200. The first-order valence-electron chi connectivity index (χ1n) is 12.3. The van der Waals surface area contributed by atoms with E-state index in [1.807, 2.05) is 42.5 Å². The first-order valence-corrected chi connectivity index (χ1v) is 14.2. The Morgan fingerprint density at radius 1 is 1.05 bits per heavy atom. The monoisotopic (exact) mass is 528 g/mol. The van der Waals surface area contributed by atoms with Gasteiger partial charge in [-0.25, -0.2) is 0 Å². The lowest BCUT2D eigenvalue weighted by molar-refractivity contribution is 0.0935. The number of hydrogen-bond acceptors (Lipinski definition) is 6. The first-order chi connectivity index (χ1) is 18.3. The smallest absolute Gasteiger partial charge is 0.251 e. The molecular formula is C29H28N4O4S. The summed E-state index contributed by atoms with van der Waals surface area (Å²) in [7, 11) is -2.53. The van der Waals surface area contributed by atoms with E-state index in [0.29, 0.717) is 35.2 Å². The van der Waals surface area contributed by atoms with Gasteiger partial charge in [-0.15, -0.1) is 0 Å². The lowest BCUT2D eigenvalue weighted by Crippen LogP contribution is -2.50. The van der Waals surface area contributed by atoms with Crippen LogP contribution in [0.4, 0.5) is 0 Å². The number of aromatic amines is 1. The fraction of sp³-hybridized carbons (Fsp3) is 0.207. The average Bonchev–Trinajstić information content (AvgIpc) is 3.34. The number of rotatable bonds is 9. The van der Waals surface area contributed by atoms with Gasteiger partial charge in [0.25, 0.3) is 5.91 Å². The number of Topliss-reactive ketones (excluding diaryl/α,β-unsaturated/α-hetero) is 1. The summed E-state index contributed by atoms with van der Waals surface area (Å²) in [6.45, 7) is 0.565. The van der Waals surface area contributed by atoms with E-state index < -0.39 is 16.6 Å². The van der Waals surface area contributed by atoms with Crippen LogP contribution in [0.15, 0.2) is 79.0 Å². The Balaban J connectivity index is 1.32. The van der Waals surface area contributed by atoms with Gasteiger partial charge in [0, 0.05) is 34.8 Å². The summed E-state index contributed by atoms with van der Waals surface area (Å²) in [6.07, 6.45) is 2.37. The van der Waals surface area contributed by atoms with Gasteiger partial charge in [0.1, 0.15) is 0 Å². The third kappa shape index (κ3) is 5.64. The van der Waals surface area contributed by atoms with Crippen molar-refractivity contribution in [3.05, 3.63) is 107 Å². The molecule has 0 bridgehead atoms. The van der Waals surface area contributed by atoms with Crippen molar-refractivity contribution >= 4 is 33.2 Å². The fourth-order valence-corrected chi connectivity index (χ4v) is 6.05. The van der Waals surface area contributed by atoms with Crippen LogP contribution in [-0.4, -0.2) is 49.9 Å². The van der Waals surface area contributed by atoms with E-state index in [1.54, 1.807) is 36.5 Å². The molecule has 1 aliphatic heterocycles. The molecule has 1 unspecified atom stereocenters. The molecule has 0 spiro atoms. The van der Waals surface area contributed by atoms with Crippen LogP contribution in [0.25, 0.3) is 10.9 Å². The molecule has 1 amide bonds. The molecule has 1 aromatic heterocycles. The normalized spacial score (nSPS) is 16.2. The van der Waals surface area contributed by atoms with E-state index >= 15 is 0 Å². The van der Waals surface area contributed by atoms with Gasteiger partial charge < -0.3 is 15.6 Å². The molecule has 0 aliphatic carbocycles. The number of benzene rings is 3. The van der Waals surface area contributed by atoms with Crippen molar-refractivity contribution in [3.63, 3.8) is 0 Å². The highest BCUT2D eigenvalue weighted by Gasteiger charge is 2.34. The summed E-state index contributed by atoms with van der Waals surface area (Å²) in [4.78, 5) is 29.5. The predicted octanol–water partition coefficient (Wildman–Crippen LogP) is 4.66. The van der Waals surface area contributed by atoms with Crippen molar-refractivity contribution in [2.24, 2.45) is 0 Å². The molecule has 1 atom stereocenters. The lowest BCUT2D eigenvalue weighted by atomic mass is 9.96. The van der Waals surface area contributed by atoms with Crippen molar-refractivity contribution in [2.75, 3.05) is 18.1 Å². The molecule has 1 saturated heterocycles. The maximum absolute atomic E-state index is 13.8. The summed E-state index contributed by atoms with van der Waals surface area (Å²) in [5, 5.41) is 15.9. The molecule has 1 fully saturated rings. The average molecular weight is 529 g/mol. The molecule has 0 radical (unpaired) electrons. The maximum atomic E-state index is 13.8. The van der Waals surface area contributed by atoms with Crippen molar-refractivity contribution in [1.29, 1.82) is 5.26 Å². The maximum Gasteiger partial charge on any atom is 0.251 e. The van der Waals surface area contributed by atoms with Gasteiger partial charge >= 0.3 is 0 Å². The molecule has 9 heteroatoms. The molecule has 2 heterocycles. The number of hydrogen-bond donors (Lipinski definition) is 5. The van der Waals surface area contributed by atoms with Crippen LogP contribution in [0, 0.1) is 11.3 Å². The standard InChI is InChI=1S/C29H28N4O4S/c30-15-20-8-6-19(7-9-20)12-13-31-27(21-4-2-1-3-5-21)28(34)25-16-32-26-14-22(10-11-24(25)26)29(35)33-23-17-38(36,37)18-23/h1-11,14,16,23,27,31-32,36-37H,12-13,17-18H2,(H,33,35). The third-order valence-corrected chi connectivity index (χ3v) is 8.59. The van der Waals surface area contributed by atoms with Crippen molar-refractivity contribution in [2.45, 2.75) is 18.5 Å². The molecule has 38 heavy (non-hydrogen) atoms. The summed E-state index contributed by atoms with van der Waals surface area (Å²) in [6, 6.07) is 23.4. The fourth-order valence-electron chi connectivity index (χ4n) is 4.69. The molecule has 4 aromatic rings. The number of fused-ring (bicyclic) bond motifs is 1. The SMILES string of the molecule is N#Cc1ccc(CCNC(C(=O)c2c[nH]c3cc(C(=O)NC4CS(O)(O)C4)ccc23)c2ccccc2)cc1. The number of ketones is 1. The zero-order chi connectivity index (χ0) is 26.7. The number of nitrogens with zero attached hydrogens (tertiary/aromatic N) is 1. The van der Waals surface area contributed by atoms with E-state index in [-0.39, 0.29) is 29.2 Å². The van der Waals surface area contributed by atoms with E-state index in [4.69, 9.17) is 5.26 Å². The van der Waals surface area contributed by atoms with Gasteiger partial charge in [-0.3, -0.25) is 18.7 Å². The molecule has 3 aromatic carbocycles.